The van der Waals surface area contributed by atoms with Crippen molar-refractivity contribution in [2.75, 3.05) is 0 Å². The van der Waals surface area contributed by atoms with Gasteiger partial charge in [0.25, 0.3) is 0 Å². The van der Waals surface area contributed by atoms with Crippen molar-refractivity contribution in [2.45, 2.75) is 11.5 Å². The van der Waals surface area contributed by atoms with E-state index in [9.17, 15) is 15.2 Å². The van der Waals surface area contributed by atoms with Gasteiger partial charge in [-0.15, -0.1) is 11.3 Å². The third-order valence-corrected chi connectivity index (χ3v) is 5.34. The van der Waals surface area contributed by atoms with Crippen LogP contribution < -0.4 is 0 Å². The summed E-state index contributed by atoms with van der Waals surface area (Å²) in [6.45, 7) is 0. The highest BCUT2D eigenvalue weighted by atomic mass is 35.5. The molecule has 0 amide bonds. The number of benzene rings is 2. The van der Waals surface area contributed by atoms with Gasteiger partial charge in [-0.05, 0) is 35.2 Å². The van der Waals surface area contributed by atoms with Gasteiger partial charge < -0.3 is 9.90 Å². The number of hydrogen-bond acceptors (Lipinski definition) is 4. The van der Waals surface area contributed by atoms with Gasteiger partial charge >= 0.3 is 0 Å². The number of carbonyl (C=O) groups excluding carboxylic acids is 1. The maximum absolute atomic E-state index is 11.8. The van der Waals surface area contributed by atoms with Crippen molar-refractivity contribution in [3.05, 3.63) is 70.1 Å². The second kappa shape index (κ2) is 6.13. The molecule has 0 saturated carbocycles. The summed E-state index contributed by atoms with van der Waals surface area (Å²) in [6, 6.07) is 17.9. The summed E-state index contributed by atoms with van der Waals surface area (Å²) in [6.07, 6.45) is -0.743. The molecule has 0 fully saturated rings. The first-order chi connectivity index (χ1) is 11.1. The predicted molar refractivity (Wildman–Crippen MR) is 91.6 cm³/mol. The molecule has 3 aromatic rings. The Morgan fingerprint density at radius 3 is 2.52 bits per heavy atom. The highest BCUT2D eigenvalue weighted by Gasteiger charge is 2.42. The van der Waals surface area contributed by atoms with Crippen LogP contribution in [0.2, 0.25) is 5.02 Å². The SMILES string of the molecule is N#CC(C=O)(c1cc2ccccc2s1)C(O)c1ccc(Cl)cc1. The van der Waals surface area contributed by atoms with Crippen LogP contribution in [0.3, 0.4) is 0 Å². The standard InChI is InChI=1S/C18H12ClNO2S/c19-14-7-5-12(6-8-14)17(22)18(10-20,11-21)16-9-13-3-1-2-4-15(13)23-16/h1-9,11,17,22H. The fourth-order valence-corrected chi connectivity index (χ4v) is 3.81. The zero-order valence-electron chi connectivity index (χ0n) is 11.9. The van der Waals surface area contributed by atoms with Crippen molar-refractivity contribution in [1.82, 2.24) is 0 Å². The zero-order chi connectivity index (χ0) is 16.4. The van der Waals surface area contributed by atoms with Crippen LogP contribution in [-0.2, 0) is 10.2 Å². The zero-order valence-corrected chi connectivity index (χ0v) is 13.5. The number of nitriles is 1. The van der Waals surface area contributed by atoms with Gasteiger partial charge in [0.2, 0.25) is 0 Å². The lowest BCUT2D eigenvalue weighted by atomic mass is 9.80. The van der Waals surface area contributed by atoms with E-state index in [1.807, 2.05) is 30.3 Å². The summed E-state index contributed by atoms with van der Waals surface area (Å²) in [5.74, 6) is 0. The van der Waals surface area contributed by atoms with Crippen LogP contribution in [0.4, 0.5) is 0 Å². The number of aliphatic hydroxyl groups excluding tert-OH is 1. The number of rotatable bonds is 4. The van der Waals surface area contributed by atoms with E-state index in [1.54, 1.807) is 30.3 Å². The summed E-state index contributed by atoms with van der Waals surface area (Å²) >= 11 is 7.19. The van der Waals surface area contributed by atoms with Crippen LogP contribution >= 0.6 is 22.9 Å². The van der Waals surface area contributed by atoms with Crippen LogP contribution in [-0.4, -0.2) is 11.4 Å². The summed E-state index contributed by atoms with van der Waals surface area (Å²) < 4.78 is 0.965. The molecule has 0 aliphatic rings. The number of halogens is 1. The molecule has 2 atom stereocenters. The molecular formula is C18H12ClNO2S. The lowest BCUT2D eigenvalue weighted by molar-refractivity contribution is -0.114. The lowest BCUT2D eigenvalue weighted by Gasteiger charge is -2.25. The van der Waals surface area contributed by atoms with Gasteiger partial charge in [0.05, 0.1) is 6.07 Å². The molecule has 0 spiro atoms. The highest BCUT2D eigenvalue weighted by Crippen LogP contribution is 2.41. The number of aliphatic hydroxyl groups is 1. The maximum Gasteiger partial charge on any atom is 0.176 e. The predicted octanol–water partition coefficient (Wildman–Crippen LogP) is 4.25. The molecule has 0 aliphatic heterocycles. The van der Waals surface area contributed by atoms with Crippen molar-refractivity contribution in [1.29, 1.82) is 5.26 Å². The summed E-state index contributed by atoms with van der Waals surface area (Å²) in [4.78, 5) is 12.3. The number of thiophene rings is 1. The van der Waals surface area contributed by atoms with Crippen LogP contribution in [0.25, 0.3) is 10.1 Å². The third kappa shape index (κ3) is 2.64. The first-order valence-corrected chi connectivity index (χ1v) is 8.10. The van der Waals surface area contributed by atoms with Crippen LogP contribution in [0.15, 0.2) is 54.6 Å². The Hall–Kier alpha value is -2.19. The number of carbonyl (C=O) groups is 1. The molecule has 3 rings (SSSR count). The van der Waals surface area contributed by atoms with Gasteiger partial charge in [-0.2, -0.15) is 5.26 Å². The quantitative estimate of drug-likeness (QED) is 0.722. The van der Waals surface area contributed by atoms with Gasteiger partial charge in [0.1, 0.15) is 12.4 Å². The third-order valence-electron chi connectivity index (χ3n) is 3.82. The van der Waals surface area contributed by atoms with Crippen molar-refractivity contribution >= 4 is 39.3 Å². The van der Waals surface area contributed by atoms with Crippen molar-refractivity contribution < 1.29 is 9.90 Å². The topological polar surface area (TPSA) is 61.1 Å². The molecule has 0 aliphatic carbocycles. The fraction of sp³-hybridized carbons (Fsp3) is 0.111. The maximum atomic E-state index is 11.8. The Balaban J connectivity index is 2.13. The van der Waals surface area contributed by atoms with Gasteiger partial charge in [-0.25, -0.2) is 0 Å². The molecule has 3 nitrogen and oxygen atoms in total. The molecule has 0 saturated heterocycles. The smallest absolute Gasteiger partial charge is 0.176 e. The van der Waals surface area contributed by atoms with Crippen molar-refractivity contribution in [2.24, 2.45) is 0 Å². The molecule has 1 heterocycles. The number of nitrogens with zero attached hydrogens (tertiary/aromatic N) is 1. The normalized spacial score (nSPS) is 14.8. The molecule has 23 heavy (non-hydrogen) atoms. The lowest BCUT2D eigenvalue weighted by Crippen LogP contribution is -2.33. The van der Waals surface area contributed by atoms with Gasteiger partial charge in [0.15, 0.2) is 5.41 Å². The van der Waals surface area contributed by atoms with Gasteiger partial charge in [0, 0.05) is 14.6 Å². The first-order valence-electron chi connectivity index (χ1n) is 6.91. The Morgan fingerprint density at radius 2 is 1.91 bits per heavy atom. The minimum atomic E-state index is -1.64. The van der Waals surface area contributed by atoms with E-state index in [0.717, 1.165) is 10.1 Å². The van der Waals surface area contributed by atoms with E-state index >= 15 is 0 Å². The van der Waals surface area contributed by atoms with Crippen LogP contribution in [0.1, 0.15) is 16.5 Å². The molecular weight excluding hydrogens is 330 g/mol. The molecule has 0 radical (unpaired) electrons. The number of aldehydes is 1. The second-order valence-electron chi connectivity index (χ2n) is 5.20. The average molecular weight is 342 g/mol. The second-order valence-corrected chi connectivity index (χ2v) is 6.72. The highest BCUT2D eigenvalue weighted by molar-refractivity contribution is 7.19. The Labute approximate surface area is 142 Å². The molecule has 1 aromatic heterocycles. The molecule has 1 N–H and O–H groups in total. The first kappa shape index (κ1) is 15.7. The monoisotopic (exact) mass is 341 g/mol. The van der Waals surface area contributed by atoms with E-state index in [0.29, 0.717) is 21.7 Å². The Bertz CT molecular complexity index is 864. The molecule has 2 aromatic carbocycles. The van der Waals surface area contributed by atoms with E-state index in [2.05, 4.69) is 0 Å². The molecule has 114 valence electrons. The molecule has 2 unspecified atom stereocenters. The Kier molecular flexibility index (Phi) is 4.18. The summed E-state index contributed by atoms with van der Waals surface area (Å²) in [5.41, 5.74) is -1.17. The van der Waals surface area contributed by atoms with Crippen molar-refractivity contribution in [3.8, 4) is 6.07 Å². The molecule has 5 heteroatoms. The van der Waals surface area contributed by atoms with E-state index in [-0.39, 0.29) is 0 Å². The summed E-state index contributed by atoms with van der Waals surface area (Å²) in [5, 5.41) is 21.9. The molecule has 0 bridgehead atoms. The van der Waals surface area contributed by atoms with Crippen LogP contribution in [0.5, 0.6) is 0 Å². The number of hydrogen-bond donors (Lipinski definition) is 1. The van der Waals surface area contributed by atoms with Crippen LogP contribution in [0, 0.1) is 11.3 Å². The van der Waals surface area contributed by atoms with E-state index in [4.69, 9.17) is 11.6 Å². The van der Waals surface area contributed by atoms with Crippen molar-refractivity contribution in [3.63, 3.8) is 0 Å². The van der Waals surface area contributed by atoms with E-state index < -0.39 is 11.5 Å². The minimum Gasteiger partial charge on any atom is -0.386 e. The largest absolute Gasteiger partial charge is 0.386 e. The number of fused-ring (bicyclic) bond motifs is 1. The Morgan fingerprint density at radius 1 is 1.22 bits per heavy atom. The van der Waals surface area contributed by atoms with Gasteiger partial charge in [-0.3, -0.25) is 0 Å². The fourth-order valence-electron chi connectivity index (χ4n) is 2.49. The average Bonchev–Trinajstić information content (AvgIpc) is 3.01. The summed E-state index contributed by atoms with van der Waals surface area (Å²) in [7, 11) is 0. The minimum absolute atomic E-state index is 0.473. The van der Waals surface area contributed by atoms with E-state index in [1.165, 1.54) is 11.3 Å². The van der Waals surface area contributed by atoms with Gasteiger partial charge in [-0.1, -0.05) is 41.9 Å².